The van der Waals surface area contributed by atoms with Gasteiger partial charge in [-0.2, -0.15) is 5.10 Å². The summed E-state index contributed by atoms with van der Waals surface area (Å²) in [6.07, 6.45) is 22.0. The second kappa shape index (κ2) is 19.6. The smallest absolute Gasteiger partial charge is 0.240 e. The predicted octanol–water partition coefficient (Wildman–Crippen LogP) is 7.42. The summed E-state index contributed by atoms with van der Waals surface area (Å²) < 4.78 is 10.5. The van der Waals surface area contributed by atoms with Gasteiger partial charge in [-0.15, -0.1) is 0 Å². The highest BCUT2D eigenvalue weighted by molar-refractivity contribution is 5.83. The SMILES string of the molecule is CCCCCCCCCCCCCCCCCC(=O)NN=Cc1ccc(OC)c(OC)c1. The van der Waals surface area contributed by atoms with Crippen molar-refractivity contribution in [2.24, 2.45) is 5.10 Å². The van der Waals surface area contributed by atoms with Gasteiger partial charge in [0.2, 0.25) is 5.91 Å². The molecule has 1 aromatic carbocycles. The summed E-state index contributed by atoms with van der Waals surface area (Å²) in [5.74, 6) is 1.28. The maximum atomic E-state index is 11.9. The van der Waals surface area contributed by atoms with Crippen molar-refractivity contribution in [3.8, 4) is 11.5 Å². The lowest BCUT2D eigenvalue weighted by Gasteiger charge is -2.07. The number of carbonyl (C=O) groups excluding carboxylic acids is 1. The highest BCUT2D eigenvalue weighted by Gasteiger charge is 2.03. The fourth-order valence-electron chi connectivity index (χ4n) is 3.82. The van der Waals surface area contributed by atoms with Gasteiger partial charge in [-0.1, -0.05) is 96.8 Å². The van der Waals surface area contributed by atoms with E-state index in [0.29, 0.717) is 17.9 Å². The third-order valence-corrected chi connectivity index (χ3v) is 5.82. The molecule has 1 N–H and O–H groups in total. The van der Waals surface area contributed by atoms with Crippen LogP contribution < -0.4 is 14.9 Å². The summed E-state index contributed by atoms with van der Waals surface area (Å²) >= 11 is 0. The Hall–Kier alpha value is -2.04. The van der Waals surface area contributed by atoms with E-state index in [9.17, 15) is 4.79 Å². The Kier molecular flexibility index (Phi) is 17.2. The van der Waals surface area contributed by atoms with Crippen LogP contribution in [-0.4, -0.2) is 26.3 Å². The van der Waals surface area contributed by atoms with Crippen LogP contribution in [-0.2, 0) is 4.79 Å². The van der Waals surface area contributed by atoms with Crippen LogP contribution in [0.5, 0.6) is 11.5 Å². The first-order valence-electron chi connectivity index (χ1n) is 12.7. The number of methoxy groups -OCH3 is 2. The van der Waals surface area contributed by atoms with Crippen molar-refractivity contribution in [2.45, 2.75) is 110 Å². The molecule has 1 rings (SSSR count). The minimum atomic E-state index is -0.0311. The molecule has 1 amide bonds. The molecule has 5 heteroatoms. The Bertz CT molecular complexity index is 631. The van der Waals surface area contributed by atoms with Crippen molar-refractivity contribution in [1.82, 2.24) is 5.43 Å². The van der Waals surface area contributed by atoms with Crippen molar-refractivity contribution < 1.29 is 14.3 Å². The monoisotopic (exact) mass is 446 g/mol. The van der Waals surface area contributed by atoms with E-state index in [-0.39, 0.29) is 5.91 Å². The Labute approximate surface area is 196 Å². The molecule has 0 bridgehead atoms. The maximum absolute atomic E-state index is 11.9. The van der Waals surface area contributed by atoms with Crippen molar-refractivity contribution in [3.63, 3.8) is 0 Å². The van der Waals surface area contributed by atoms with Gasteiger partial charge in [-0.05, 0) is 30.2 Å². The van der Waals surface area contributed by atoms with Crippen LogP contribution in [0.3, 0.4) is 0 Å². The molecule has 0 radical (unpaired) electrons. The van der Waals surface area contributed by atoms with Crippen molar-refractivity contribution in [3.05, 3.63) is 23.8 Å². The molecule has 0 saturated carbocycles. The lowest BCUT2D eigenvalue weighted by molar-refractivity contribution is -0.121. The largest absolute Gasteiger partial charge is 0.493 e. The van der Waals surface area contributed by atoms with E-state index < -0.39 is 0 Å². The molecule has 32 heavy (non-hydrogen) atoms. The highest BCUT2D eigenvalue weighted by Crippen LogP contribution is 2.26. The van der Waals surface area contributed by atoms with Gasteiger partial charge in [0.05, 0.1) is 20.4 Å². The van der Waals surface area contributed by atoms with E-state index in [0.717, 1.165) is 18.4 Å². The molecular formula is C27H46N2O3. The highest BCUT2D eigenvalue weighted by atomic mass is 16.5. The third kappa shape index (κ3) is 14.1. The van der Waals surface area contributed by atoms with Gasteiger partial charge in [0.15, 0.2) is 11.5 Å². The van der Waals surface area contributed by atoms with Gasteiger partial charge in [0.1, 0.15) is 0 Å². The van der Waals surface area contributed by atoms with Crippen LogP contribution in [0.2, 0.25) is 0 Å². The van der Waals surface area contributed by atoms with Crippen LogP contribution in [0, 0.1) is 0 Å². The first kappa shape index (κ1) is 28.0. The van der Waals surface area contributed by atoms with Gasteiger partial charge in [0, 0.05) is 6.42 Å². The van der Waals surface area contributed by atoms with E-state index in [1.807, 2.05) is 18.2 Å². The number of benzene rings is 1. The zero-order valence-electron chi connectivity index (χ0n) is 20.8. The first-order valence-corrected chi connectivity index (χ1v) is 12.7. The number of nitrogens with zero attached hydrogens (tertiary/aromatic N) is 1. The Morgan fingerprint density at radius 2 is 1.28 bits per heavy atom. The number of hydrogen-bond acceptors (Lipinski definition) is 4. The molecule has 0 unspecified atom stereocenters. The number of amides is 1. The van der Waals surface area contributed by atoms with E-state index in [2.05, 4.69) is 17.5 Å². The summed E-state index contributed by atoms with van der Waals surface area (Å²) in [5.41, 5.74) is 3.45. The lowest BCUT2D eigenvalue weighted by Crippen LogP contribution is -2.16. The quantitative estimate of drug-likeness (QED) is 0.129. The second-order valence-electron chi connectivity index (χ2n) is 8.61. The molecule has 0 spiro atoms. The van der Waals surface area contributed by atoms with Crippen molar-refractivity contribution in [1.29, 1.82) is 0 Å². The fraction of sp³-hybridized carbons (Fsp3) is 0.704. The molecule has 0 fully saturated rings. The van der Waals surface area contributed by atoms with Gasteiger partial charge in [-0.25, -0.2) is 5.43 Å². The zero-order valence-corrected chi connectivity index (χ0v) is 20.8. The molecule has 0 atom stereocenters. The van der Waals surface area contributed by atoms with Crippen LogP contribution >= 0.6 is 0 Å². The normalized spacial score (nSPS) is 11.1. The molecular weight excluding hydrogens is 400 g/mol. The van der Waals surface area contributed by atoms with Crippen molar-refractivity contribution in [2.75, 3.05) is 14.2 Å². The summed E-state index contributed by atoms with van der Waals surface area (Å²) in [6.45, 7) is 2.27. The number of hydrogen-bond donors (Lipinski definition) is 1. The van der Waals surface area contributed by atoms with E-state index in [1.54, 1.807) is 20.4 Å². The minimum absolute atomic E-state index is 0.0311. The van der Waals surface area contributed by atoms with Crippen LogP contribution in [0.1, 0.15) is 115 Å². The first-order chi connectivity index (χ1) is 15.7. The number of rotatable bonds is 20. The summed E-state index contributed by atoms with van der Waals surface area (Å²) in [6, 6.07) is 5.51. The molecule has 0 aliphatic carbocycles. The van der Waals surface area contributed by atoms with Gasteiger partial charge in [0.25, 0.3) is 0 Å². The van der Waals surface area contributed by atoms with Crippen LogP contribution in [0.25, 0.3) is 0 Å². The number of nitrogens with one attached hydrogen (secondary N) is 1. The van der Waals surface area contributed by atoms with Crippen LogP contribution in [0.4, 0.5) is 0 Å². The Morgan fingerprint density at radius 3 is 1.78 bits per heavy atom. The fourth-order valence-corrected chi connectivity index (χ4v) is 3.82. The molecule has 0 aliphatic heterocycles. The van der Waals surface area contributed by atoms with Gasteiger partial charge < -0.3 is 9.47 Å². The molecule has 182 valence electrons. The summed E-state index contributed by atoms with van der Waals surface area (Å²) in [7, 11) is 3.20. The molecule has 5 nitrogen and oxygen atoms in total. The number of hydrazone groups is 1. The van der Waals surface area contributed by atoms with E-state index >= 15 is 0 Å². The molecule has 0 heterocycles. The average Bonchev–Trinajstić information content (AvgIpc) is 2.81. The number of carbonyl (C=O) groups is 1. The third-order valence-electron chi connectivity index (χ3n) is 5.82. The Balaban J connectivity index is 1.95. The van der Waals surface area contributed by atoms with Crippen molar-refractivity contribution >= 4 is 12.1 Å². The van der Waals surface area contributed by atoms with E-state index in [4.69, 9.17) is 9.47 Å². The second-order valence-corrected chi connectivity index (χ2v) is 8.61. The molecule has 0 saturated heterocycles. The minimum Gasteiger partial charge on any atom is -0.493 e. The number of unbranched alkanes of at least 4 members (excludes halogenated alkanes) is 14. The van der Waals surface area contributed by atoms with E-state index in [1.165, 1.54) is 83.5 Å². The summed E-state index contributed by atoms with van der Waals surface area (Å²) in [5, 5.41) is 4.04. The Morgan fingerprint density at radius 1 is 0.781 bits per heavy atom. The maximum Gasteiger partial charge on any atom is 0.240 e. The van der Waals surface area contributed by atoms with Crippen LogP contribution in [0.15, 0.2) is 23.3 Å². The topological polar surface area (TPSA) is 59.9 Å². The summed E-state index contributed by atoms with van der Waals surface area (Å²) in [4.78, 5) is 11.9. The zero-order chi connectivity index (χ0) is 23.3. The standard InChI is InChI=1S/C27H46N2O3/c1-4-5-6-7-8-9-10-11-12-13-14-15-16-17-18-19-27(30)29-28-23-24-20-21-25(31-2)26(22-24)32-3/h20-23H,4-19H2,1-3H3,(H,29,30). The molecule has 1 aromatic rings. The average molecular weight is 447 g/mol. The van der Waals surface area contributed by atoms with Gasteiger partial charge >= 0.3 is 0 Å². The number of ether oxygens (including phenoxy) is 2. The molecule has 0 aliphatic rings. The predicted molar refractivity (Wildman–Crippen MR) is 135 cm³/mol. The molecule has 0 aromatic heterocycles. The van der Waals surface area contributed by atoms with Gasteiger partial charge in [-0.3, -0.25) is 4.79 Å². The lowest BCUT2D eigenvalue weighted by atomic mass is 10.0.